The molecule has 0 bridgehead atoms. The number of hydrogen-bond donors (Lipinski definition) is 1. The van der Waals surface area contributed by atoms with Gasteiger partial charge in [-0.3, -0.25) is 9.59 Å². The van der Waals surface area contributed by atoms with E-state index in [1.807, 2.05) is 0 Å². The monoisotopic (exact) mass is 411 g/mol. The third kappa shape index (κ3) is 3.45. The molecule has 1 atom stereocenters. The van der Waals surface area contributed by atoms with Crippen LogP contribution in [0.25, 0.3) is 5.76 Å². The molecule has 1 amide bonds. The first kappa shape index (κ1) is 20.1. The quantitative estimate of drug-likeness (QED) is 0.465. The molecule has 2 aromatic rings. The molecule has 0 saturated carbocycles. The number of benzene rings is 2. The van der Waals surface area contributed by atoms with Crippen LogP contribution in [0.15, 0.2) is 48.0 Å². The average Bonchev–Trinajstić information content (AvgIpc) is 3.01. The lowest BCUT2D eigenvalue weighted by Crippen LogP contribution is -2.33. The summed E-state index contributed by atoms with van der Waals surface area (Å²) in [6, 6.07) is 10.0. The fraction of sp³-hybridized carbons (Fsp3) is 0.304. The highest BCUT2D eigenvalue weighted by atomic mass is 19.1. The van der Waals surface area contributed by atoms with Crippen LogP contribution in [0.3, 0.4) is 0 Å². The lowest BCUT2D eigenvalue weighted by molar-refractivity contribution is -0.140. The van der Waals surface area contributed by atoms with Crippen LogP contribution in [0.5, 0.6) is 5.75 Å². The highest BCUT2D eigenvalue weighted by molar-refractivity contribution is 6.46. The molecule has 30 heavy (non-hydrogen) atoms. The summed E-state index contributed by atoms with van der Waals surface area (Å²) in [5.74, 6) is -1.77. The molecule has 2 aliphatic heterocycles. The van der Waals surface area contributed by atoms with Crippen LogP contribution in [0.4, 0.5) is 4.39 Å². The summed E-state index contributed by atoms with van der Waals surface area (Å²) in [5.41, 5.74) is 1.33. The highest BCUT2D eigenvalue weighted by Crippen LogP contribution is 2.40. The molecule has 7 heteroatoms. The third-order valence-corrected chi connectivity index (χ3v) is 5.46. The van der Waals surface area contributed by atoms with Crippen molar-refractivity contribution >= 4 is 17.4 Å². The van der Waals surface area contributed by atoms with Crippen molar-refractivity contribution in [2.24, 2.45) is 0 Å². The number of halogens is 1. The van der Waals surface area contributed by atoms with Gasteiger partial charge in [0, 0.05) is 24.8 Å². The Labute approximate surface area is 173 Å². The number of methoxy groups -OCH3 is 1. The number of fused-ring (bicyclic) bond motifs is 1. The van der Waals surface area contributed by atoms with Crippen LogP contribution in [0, 0.1) is 5.82 Å². The maximum atomic E-state index is 14.7. The number of likely N-dealkylation sites (tertiary alicyclic amines) is 1. The van der Waals surface area contributed by atoms with Crippen molar-refractivity contribution in [1.82, 2.24) is 4.90 Å². The van der Waals surface area contributed by atoms with Gasteiger partial charge in [-0.25, -0.2) is 4.39 Å². The van der Waals surface area contributed by atoms with E-state index in [9.17, 15) is 19.1 Å². The number of hydrogen-bond acceptors (Lipinski definition) is 5. The molecule has 1 N–H and O–H groups in total. The second-order valence-corrected chi connectivity index (χ2v) is 7.28. The summed E-state index contributed by atoms with van der Waals surface area (Å²) < 4.78 is 25.3. The van der Waals surface area contributed by atoms with Crippen molar-refractivity contribution in [2.45, 2.75) is 18.9 Å². The highest BCUT2D eigenvalue weighted by Gasteiger charge is 2.46. The van der Waals surface area contributed by atoms with Crippen LogP contribution in [-0.4, -0.2) is 48.6 Å². The number of rotatable bonds is 5. The molecule has 1 fully saturated rings. The van der Waals surface area contributed by atoms with Crippen LogP contribution >= 0.6 is 0 Å². The van der Waals surface area contributed by atoms with E-state index in [0.717, 1.165) is 24.2 Å². The lowest BCUT2D eigenvalue weighted by Gasteiger charge is -2.25. The Balaban J connectivity index is 1.85. The number of Topliss-reactive ketones (excluding diaryl/α,β-unsaturated/α-hetero) is 1. The minimum atomic E-state index is -1.03. The van der Waals surface area contributed by atoms with Crippen LogP contribution < -0.4 is 4.74 Å². The van der Waals surface area contributed by atoms with Crippen molar-refractivity contribution in [2.75, 3.05) is 26.9 Å². The van der Waals surface area contributed by atoms with E-state index in [2.05, 4.69) is 0 Å². The first-order valence-electron chi connectivity index (χ1n) is 9.80. The van der Waals surface area contributed by atoms with Crippen molar-refractivity contribution in [3.05, 3.63) is 70.5 Å². The molecule has 1 saturated heterocycles. The second-order valence-electron chi connectivity index (χ2n) is 7.28. The van der Waals surface area contributed by atoms with Gasteiger partial charge in [0.05, 0.1) is 24.8 Å². The van der Waals surface area contributed by atoms with E-state index < -0.39 is 23.5 Å². The minimum absolute atomic E-state index is 0.0921. The predicted octanol–water partition coefficient (Wildman–Crippen LogP) is 3.22. The second kappa shape index (κ2) is 8.28. The number of aryl methyl sites for hydroxylation is 1. The Morgan fingerprint density at radius 3 is 2.83 bits per heavy atom. The molecular weight excluding hydrogens is 389 g/mol. The summed E-state index contributed by atoms with van der Waals surface area (Å²) in [6.45, 7) is 0.902. The third-order valence-electron chi connectivity index (χ3n) is 5.46. The zero-order valence-electron chi connectivity index (χ0n) is 16.6. The van der Waals surface area contributed by atoms with E-state index in [4.69, 9.17) is 9.47 Å². The maximum Gasteiger partial charge on any atom is 0.295 e. The molecule has 2 aliphatic rings. The number of carbonyl (C=O) groups excluding carboxylic acids is 2. The van der Waals surface area contributed by atoms with Gasteiger partial charge in [0.15, 0.2) is 0 Å². The van der Waals surface area contributed by atoms with Gasteiger partial charge in [0.25, 0.3) is 11.7 Å². The predicted molar refractivity (Wildman–Crippen MR) is 108 cm³/mol. The van der Waals surface area contributed by atoms with Gasteiger partial charge in [0.2, 0.25) is 0 Å². The largest absolute Gasteiger partial charge is 0.507 e. The number of aliphatic hydroxyl groups excluding tert-OH is 1. The van der Waals surface area contributed by atoms with Gasteiger partial charge in [0.1, 0.15) is 17.3 Å². The molecule has 0 spiro atoms. The normalized spacial score (nSPS) is 20.2. The summed E-state index contributed by atoms with van der Waals surface area (Å²) in [5, 5.41) is 11.1. The Morgan fingerprint density at radius 1 is 1.27 bits per heavy atom. The van der Waals surface area contributed by atoms with E-state index >= 15 is 0 Å². The van der Waals surface area contributed by atoms with Crippen molar-refractivity contribution in [1.29, 1.82) is 0 Å². The summed E-state index contributed by atoms with van der Waals surface area (Å²) in [6.07, 6.45) is 1.64. The van der Waals surface area contributed by atoms with Crippen LogP contribution in [-0.2, 0) is 20.7 Å². The Kier molecular flexibility index (Phi) is 5.55. The van der Waals surface area contributed by atoms with Crippen molar-refractivity contribution in [3.63, 3.8) is 0 Å². The number of carbonyl (C=O) groups is 2. The van der Waals surface area contributed by atoms with Crippen LogP contribution in [0.1, 0.15) is 29.2 Å². The molecule has 6 nitrogen and oxygen atoms in total. The van der Waals surface area contributed by atoms with Crippen molar-refractivity contribution in [3.8, 4) is 5.75 Å². The molecule has 1 unspecified atom stereocenters. The lowest BCUT2D eigenvalue weighted by atomic mass is 9.93. The minimum Gasteiger partial charge on any atom is -0.507 e. The van der Waals surface area contributed by atoms with Gasteiger partial charge in [-0.1, -0.05) is 18.2 Å². The number of aliphatic hydroxyl groups is 1. The maximum absolute atomic E-state index is 14.7. The van der Waals surface area contributed by atoms with E-state index in [1.165, 1.54) is 30.2 Å². The Bertz CT molecular complexity index is 1030. The smallest absolute Gasteiger partial charge is 0.295 e. The molecule has 2 aromatic carbocycles. The zero-order valence-corrected chi connectivity index (χ0v) is 16.6. The van der Waals surface area contributed by atoms with Crippen molar-refractivity contribution < 1.29 is 28.6 Å². The Hall–Kier alpha value is -3.19. The molecule has 2 heterocycles. The SMILES string of the molecule is COCCN1C(=O)C(=O)/C(=C(/O)c2ccc3c(c2)CCCO3)C1c1ccccc1F. The molecule has 156 valence electrons. The molecule has 0 aliphatic carbocycles. The van der Waals surface area contributed by atoms with E-state index in [1.54, 1.807) is 24.3 Å². The van der Waals surface area contributed by atoms with Gasteiger partial charge in [-0.15, -0.1) is 0 Å². The van der Waals surface area contributed by atoms with Gasteiger partial charge in [-0.05, 0) is 42.7 Å². The first-order chi connectivity index (χ1) is 14.5. The average molecular weight is 411 g/mol. The first-order valence-corrected chi connectivity index (χ1v) is 9.80. The van der Waals surface area contributed by atoms with E-state index in [0.29, 0.717) is 12.2 Å². The number of nitrogens with zero attached hydrogens (tertiary/aromatic N) is 1. The standard InChI is InChI=1S/C23H22FNO5/c1-29-12-10-25-20(16-6-2-3-7-17(16)24)19(22(27)23(25)28)21(26)15-8-9-18-14(13-15)5-4-11-30-18/h2-3,6-9,13,20,26H,4-5,10-12H2,1H3/b21-19+. The summed E-state index contributed by atoms with van der Waals surface area (Å²) in [7, 11) is 1.48. The van der Waals surface area contributed by atoms with Gasteiger partial charge >= 0.3 is 0 Å². The van der Waals surface area contributed by atoms with Gasteiger partial charge in [-0.2, -0.15) is 0 Å². The fourth-order valence-electron chi connectivity index (χ4n) is 3.98. The topological polar surface area (TPSA) is 76.1 Å². The molecule has 0 aromatic heterocycles. The summed E-state index contributed by atoms with van der Waals surface area (Å²) in [4.78, 5) is 26.8. The van der Waals surface area contributed by atoms with Crippen LogP contribution in [0.2, 0.25) is 0 Å². The Morgan fingerprint density at radius 2 is 2.07 bits per heavy atom. The number of ether oxygens (including phenoxy) is 2. The molecule has 0 radical (unpaired) electrons. The number of amides is 1. The molecule has 4 rings (SSSR count). The fourth-order valence-corrected chi connectivity index (χ4v) is 3.98. The van der Waals surface area contributed by atoms with E-state index in [-0.39, 0.29) is 30.0 Å². The zero-order chi connectivity index (χ0) is 21.3. The molecular formula is C23H22FNO5. The summed E-state index contributed by atoms with van der Waals surface area (Å²) >= 11 is 0. The van der Waals surface area contributed by atoms with Gasteiger partial charge < -0.3 is 19.5 Å². The number of ketones is 1.